The molecule has 1 saturated heterocycles. The van der Waals surface area contributed by atoms with Gasteiger partial charge in [-0.25, -0.2) is 0 Å². The van der Waals surface area contributed by atoms with Crippen molar-refractivity contribution in [2.75, 3.05) is 32.6 Å². The highest BCUT2D eigenvalue weighted by Gasteiger charge is 2.22. The van der Waals surface area contributed by atoms with Crippen molar-refractivity contribution in [3.05, 3.63) is 23.3 Å². The first-order chi connectivity index (χ1) is 9.52. The van der Waals surface area contributed by atoms with Crippen LogP contribution in [0, 0.1) is 19.8 Å². The third-order valence-corrected chi connectivity index (χ3v) is 4.66. The van der Waals surface area contributed by atoms with Crippen molar-refractivity contribution in [1.82, 2.24) is 4.90 Å². The molecule has 1 N–H and O–H groups in total. The normalized spacial score (nSPS) is 18.9. The Kier molecular flexibility index (Phi) is 4.92. The molecule has 1 aliphatic rings. The van der Waals surface area contributed by atoms with E-state index in [1.807, 2.05) is 0 Å². The number of ether oxygens (including phenoxy) is 1. The van der Waals surface area contributed by atoms with Gasteiger partial charge in [-0.2, -0.15) is 0 Å². The molecule has 1 fully saturated rings. The second-order valence-corrected chi connectivity index (χ2v) is 6.16. The highest BCUT2D eigenvalue weighted by atomic mass is 16.5. The Bertz CT molecular complexity index is 451. The van der Waals surface area contributed by atoms with Crippen molar-refractivity contribution < 1.29 is 4.74 Å². The number of benzene rings is 1. The molecule has 0 radical (unpaired) electrons. The van der Waals surface area contributed by atoms with Gasteiger partial charge in [0.05, 0.1) is 7.11 Å². The van der Waals surface area contributed by atoms with Gasteiger partial charge < -0.3 is 15.0 Å². The number of hydrogen-bond donors (Lipinski definition) is 1. The van der Waals surface area contributed by atoms with Crippen LogP contribution in [0.5, 0.6) is 5.75 Å². The van der Waals surface area contributed by atoms with Gasteiger partial charge in [-0.1, -0.05) is 6.07 Å². The Hall–Kier alpha value is -1.22. The summed E-state index contributed by atoms with van der Waals surface area (Å²) in [5.41, 5.74) is 3.62. The van der Waals surface area contributed by atoms with Crippen molar-refractivity contribution in [3.63, 3.8) is 0 Å². The van der Waals surface area contributed by atoms with E-state index in [2.05, 4.69) is 50.2 Å². The average Bonchev–Trinajstić information content (AvgIpc) is 2.43. The molecule has 1 aromatic rings. The number of nitrogens with zero attached hydrogens (tertiary/aromatic N) is 1. The summed E-state index contributed by atoms with van der Waals surface area (Å²) < 4.78 is 5.51. The second kappa shape index (κ2) is 6.49. The summed E-state index contributed by atoms with van der Waals surface area (Å²) in [5, 5.41) is 3.70. The maximum atomic E-state index is 5.51. The van der Waals surface area contributed by atoms with Crippen LogP contribution in [-0.4, -0.2) is 38.2 Å². The van der Waals surface area contributed by atoms with Gasteiger partial charge in [0.25, 0.3) is 0 Å². The van der Waals surface area contributed by atoms with Gasteiger partial charge in [-0.05, 0) is 71.3 Å². The van der Waals surface area contributed by atoms with Crippen molar-refractivity contribution in [2.45, 2.75) is 39.7 Å². The van der Waals surface area contributed by atoms with Crippen LogP contribution in [0.1, 0.15) is 30.9 Å². The minimum atomic E-state index is 0.509. The number of hydrogen-bond acceptors (Lipinski definition) is 3. The Morgan fingerprint density at radius 1 is 1.25 bits per heavy atom. The van der Waals surface area contributed by atoms with E-state index in [0.29, 0.717) is 6.04 Å². The molecule has 0 spiro atoms. The Balaban J connectivity index is 2.06. The zero-order valence-corrected chi connectivity index (χ0v) is 13.5. The van der Waals surface area contributed by atoms with Crippen molar-refractivity contribution >= 4 is 5.69 Å². The van der Waals surface area contributed by atoms with E-state index in [4.69, 9.17) is 4.74 Å². The lowest BCUT2D eigenvalue weighted by Gasteiger charge is -2.34. The Morgan fingerprint density at radius 3 is 2.50 bits per heavy atom. The Morgan fingerprint density at radius 2 is 1.90 bits per heavy atom. The van der Waals surface area contributed by atoms with E-state index in [1.165, 1.54) is 42.7 Å². The summed E-state index contributed by atoms with van der Waals surface area (Å²) in [7, 11) is 3.96. The van der Waals surface area contributed by atoms with E-state index in [-0.39, 0.29) is 0 Å². The van der Waals surface area contributed by atoms with Crippen LogP contribution in [0.4, 0.5) is 5.69 Å². The zero-order valence-electron chi connectivity index (χ0n) is 13.5. The van der Waals surface area contributed by atoms with E-state index in [1.54, 1.807) is 7.11 Å². The zero-order chi connectivity index (χ0) is 14.7. The van der Waals surface area contributed by atoms with Crippen molar-refractivity contribution in [2.24, 2.45) is 5.92 Å². The first-order valence-electron chi connectivity index (χ1n) is 7.62. The summed E-state index contributed by atoms with van der Waals surface area (Å²) >= 11 is 0. The first kappa shape index (κ1) is 15.2. The molecule has 1 aromatic carbocycles. The molecule has 0 aromatic heterocycles. The fourth-order valence-electron chi connectivity index (χ4n) is 3.19. The second-order valence-electron chi connectivity index (χ2n) is 6.16. The quantitative estimate of drug-likeness (QED) is 0.911. The topological polar surface area (TPSA) is 24.5 Å². The monoisotopic (exact) mass is 276 g/mol. The molecule has 112 valence electrons. The van der Waals surface area contributed by atoms with E-state index < -0.39 is 0 Å². The van der Waals surface area contributed by atoms with Gasteiger partial charge >= 0.3 is 0 Å². The fourth-order valence-corrected chi connectivity index (χ4v) is 3.19. The maximum absolute atomic E-state index is 5.51. The van der Waals surface area contributed by atoms with Crippen LogP contribution in [0.2, 0.25) is 0 Å². The van der Waals surface area contributed by atoms with Gasteiger partial charge in [0, 0.05) is 17.3 Å². The van der Waals surface area contributed by atoms with Crippen LogP contribution >= 0.6 is 0 Å². The number of anilines is 1. The number of methoxy groups -OCH3 is 1. The van der Waals surface area contributed by atoms with Gasteiger partial charge in [0.1, 0.15) is 5.75 Å². The highest BCUT2D eigenvalue weighted by Crippen LogP contribution is 2.31. The highest BCUT2D eigenvalue weighted by molar-refractivity contribution is 5.60. The lowest BCUT2D eigenvalue weighted by molar-refractivity contribution is 0.208. The largest absolute Gasteiger partial charge is 0.496 e. The summed E-state index contributed by atoms with van der Waals surface area (Å²) in [4.78, 5) is 2.42. The van der Waals surface area contributed by atoms with E-state index in [9.17, 15) is 0 Å². The summed E-state index contributed by atoms with van der Waals surface area (Å²) in [6.07, 6.45) is 2.57. The molecule has 1 unspecified atom stereocenters. The predicted molar refractivity (Wildman–Crippen MR) is 85.8 cm³/mol. The molecule has 1 atom stereocenters. The van der Waals surface area contributed by atoms with E-state index >= 15 is 0 Å². The summed E-state index contributed by atoms with van der Waals surface area (Å²) in [6.45, 7) is 8.97. The van der Waals surface area contributed by atoms with Crippen molar-refractivity contribution in [3.8, 4) is 5.75 Å². The number of likely N-dealkylation sites (tertiary alicyclic amines) is 1. The minimum absolute atomic E-state index is 0.509. The molecule has 1 aliphatic heterocycles. The third-order valence-electron chi connectivity index (χ3n) is 4.66. The van der Waals surface area contributed by atoms with Crippen LogP contribution in [0.25, 0.3) is 0 Å². The van der Waals surface area contributed by atoms with Gasteiger partial charge in [-0.3, -0.25) is 0 Å². The molecule has 20 heavy (non-hydrogen) atoms. The molecular formula is C17H28N2O. The standard InChI is InChI=1S/C17H28N2O/c1-12-6-7-16(13(2)17(12)20-5)18-14(3)15-8-10-19(4)11-9-15/h6-7,14-15,18H,8-11H2,1-5H3. The molecule has 3 heteroatoms. The smallest absolute Gasteiger partial charge is 0.126 e. The van der Waals surface area contributed by atoms with Crippen LogP contribution in [0.15, 0.2) is 12.1 Å². The van der Waals surface area contributed by atoms with Gasteiger partial charge in [0.15, 0.2) is 0 Å². The number of piperidine rings is 1. The average molecular weight is 276 g/mol. The van der Waals surface area contributed by atoms with Crippen LogP contribution < -0.4 is 10.1 Å². The summed E-state index contributed by atoms with van der Waals surface area (Å²) in [6, 6.07) is 4.82. The van der Waals surface area contributed by atoms with Crippen LogP contribution in [-0.2, 0) is 0 Å². The number of nitrogens with one attached hydrogen (secondary N) is 1. The maximum Gasteiger partial charge on any atom is 0.126 e. The van der Waals surface area contributed by atoms with Crippen molar-refractivity contribution in [1.29, 1.82) is 0 Å². The molecule has 0 amide bonds. The van der Waals surface area contributed by atoms with Crippen LogP contribution in [0.3, 0.4) is 0 Å². The summed E-state index contributed by atoms with van der Waals surface area (Å²) in [5.74, 6) is 1.77. The van der Waals surface area contributed by atoms with E-state index in [0.717, 1.165) is 11.7 Å². The molecule has 2 rings (SSSR count). The molecule has 3 nitrogen and oxygen atoms in total. The third kappa shape index (κ3) is 3.26. The number of aryl methyl sites for hydroxylation is 1. The van der Waals surface area contributed by atoms with Gasteiger partial charge in [0.2, 0.25) is 0 Å². The first-order valence-corrected chi connectivity index (χ1v) is 7.62. The molecule has 0 aliphatic carbocycles. The molecule has 0 saturated carbocycles. The SMILES string of the molecule is COc1c(C)ccc(NC(C)C2CCN(C)CC2)c1C. The van der Waals surface area contributed by atoms with Gasteiger partial charge in [-0.15, -0.1) is 0 Å². The molecule has 1 heterocycles. The lowest BCUT2D eigenvalue weighted by Crippen LogP contribution is -2.37. The number of rotatable bonds is 4. The fraction of sp³-hybridized carbons (Fsp3) is 0.647. The lowest BCUT2D eigenvalue weighted by atomic mass is 9.90. The molecule has 0 bridgehead atoms. The molecular weight excluding hydrogens is 248 g/mol. The minimum Gasteiger partial charge on any atom is -0.496 e. The Labute approximate surface area is 123 Å². The predicted octanol–water partition coefficient (Wildman–Crippen LogP) is 3.45.